The fourth-order valence-corrected chi connectivity index (χ4v) is 1.44. The van der Waals surface area contributed by atoms with E-state index in [1.807, 2.05) is 31.2 Å². The summed E-state index contributed by atoms with van der Waals surface area (Å²) in [5.41, 5.74) is 2.35. The molecule has 16 heavy (non-hydrogen) atoms. The summed E-state index contributed by atoms with van der Waals surface area (Å²) in [7, 11) is 1.35. The minimum absolute atomic E-state index is 0.126. The van der Waals surface area contributed by atoms with Gasteiger partial charge in [-0.2, -0.15) is 0 Å². The molecule has 0 aliphatic carbocycles. The molecule has 0 aliphatic rings. The van der Waals surface area contributed by atoms with Crippen LogP contribution in [0.2, 0.25) is 0 Å². The lowest BCUT2D eigenvalue weighted by Crippen LogP contribution is -2.29. The van der Waals surface area contributed by atoms with E-state index in [4.69, 9.17) is 12.2 Å². The number of ether oxygens (including phenoxy) is 1. The monoisotopic (exact) mass is 237 g/mol. The lowest BCUT2D eigenvalue weighted by molar-refractivity contribution is -0.139. The van der Waals surface area contributed by atoms with Gasteiger partial charge >= 0.3 is 5.97 Å². The Bertz CT molecular complexity index is 373. The topological polar surface area (TPSA) is 38.3 Å². The summed E-state index contributed by atoms with van der Waals surface area (Å²) in [6.07, 6.45) is 0.645. The third kappa shape index (κ3) is 4.40. The number of methoxy groups -OCH3 is 1. The molecular weight excluding hydrogens is 222 g/mol. The number of benzene rings is 1. The Morgan fingerprint density at radius 3 is 2.56 bits per heavy atom. The zero-order chi connectivity index (χ0) is 12.0. The predicted octanol–water partition coefficient (Wildman–Crippen LogP) is 1.63. The van der Waals surface area contributed by atoms with Crippen molar-refractivity contribution in [3.8, 4) is 0 Å². The van der Waals surface area contributed by atoms with Gasteiger partial charge in [0.05, 0.1) is 12.1 Å². The first kappa shape index (κ1) is 12.6. The Labute approximate surface area is 101 Å². The van der Waals surface area contributed by atoms with Gasteiger partial charge < -0.3 is 10.1 Å². The second kappa shape index (κ2) is 6.23. The highest BCUT2D eigenvalue weighted by atomic mass is 32.1. The number of rotatable bonds is 4. The Kier molecular flexibility index (Phi) is 4.92. The van der Waals surface area contributed by atoms with Crippen LogP contribution in [0.15, 0.2) is 24.3 Å². The molecule has 1 N–H and O–H groups in total. The van der Waals surface area contributed by atoms with Crippen LogP contribution in [0.3, 0.4) is 0 Å². The maximum Gasteiger partial charge on any atom is 0.325 e. The fourth-order valence-electron chi connectivity index (χ4n) is 1.20. The number of esters is 1. The molecule has 0 spiro atoms. The molecule has 0 aliphatic heterocycles. The molecule has 0 radical (unpaired) electrons. The van der Waals surface area contributed by atoms with E-state index in [0.29, 0.717) is 11.4 Å². The highest BCUT2D eigenvalue weighted by Crippen LogP contribution is 2.04. The van der Waals surface area contributed by atoms with Gasteiger partial charge in [-0.15, -0.1) is 0 Å². The molecule has 0 saturated carbocycles. The van der Waals surface area contributed by atoms with Gasteiger partial charge in [0.15, 0.2) is 0 Å². The van der Waals surface area contributed by atoms with Crippen LogP contribution in [-0.4, -0.2) is 24.6 Å². The summed E-state index contributed by atoms with van der Waals surface area (Å²) in [6, 6.07) is 8.14. The summed E-state index contributed by atoms with van der Waals surface area (Å²) in [5.74, 6) is -0.314. The van der Waals surface area contributed by atoms with E-state index in [9.17, 15) is 4.79 Å². The first-order chi connectivity index (χ1) is 7.61. The molecule has 86 valence electrons. The van der Waals surface area contributed by atoms with E-state index in [2.05, 4.69) is 10.1 Å². The van der Waals surface area contributed by atoms with Gasteiger partial charge in [-0.1, -0.05) is 42.0 Å². The molecule has 4 heteroatoms. The third-order valence-corrected chi connectivity index (χ3v) is 2.43. The molecule has 0 saturated heterocycles. The van der Waals surface area contributed by atoms with Gasteiger partial charge in [0, 0.05) is 6.42 Å². The number of thiocarbonyl (C=S) groups is 1. The molecule has 0 amide bonds. The minimum atomic E-state index is -0.314. The summed E-state index contributed by atoms with van der Waals surface area (Å²) in [5, 5.41) is 2.85. The van der Waals surface area contributed by atoms with Crippen molar-refractivity contribution in [1.29, 1.82) is 0 Å². The molecule has 1 aromatic carbocycles. The maximum atomic E-state index is 10.9. The Balaban J connectivity index is 2.40. The van der Waals surface area contributed by atoms with Crippen LogP contribution in [0.5, 0.6) is 0 Å². The van der Waals surface area contributed by atoms with E-state index in [1.165, 1.54) is 12.7 Å². The van der Waals surface area contributed by atoms with Crippen molar-refractivity contribution < 1.29 is 9.53 Å². The molecule has 1 aromatic rings. The van der Waals surface area contributed by atoms with Crippen molar-refractivity contribution in [3.05, 3.63) is 35.4 Å². The summed E-state index contributed by atoms with van der Waals surface area (Å²) in [4.78, 5) is 11.5. The van der Waals surface area contributed by atoms with Crippen molar-refractivity contribution in [3.63, 3.8) is 0 Å². The number of hydrogen-bond acceptors (Lipinski definition) is 3. The van der Waals surface area contributed by atoms with Gasteiger partial charge in [0.1, 0.15) is 6.54 Å². The normalized spacial score (nSPS) is 9.62. The molecule has 1 rings (SSSR count). The Morgan fingerprint density at radius 2 is 2.00 bits per heavy atom. The number of aryl methyl sites for hydroxylation is 1. The summed E-state index contributed by atoms with van der Waals surface area (Å²) >= 11 is 5.12. The average molecular weight is 237 g/mol. The first-order valence-corrected chi connectivity index (χ1v) is 5.41. The van der Waals surface area contributed by atoms with Gasteiger partial charge in [0.25, 0.3) is 0 Å². The smallest absolute Gasteiger partial charge is 0.325 e. The predicted molar refractivity (Wildman–Crippen MR) is 67.5 cm³/mol. The van der Waals surface area contributed by atoms with Crippen LogP contribution in [0.1, 0.15) is 11.1 Å². The Morgan fingerprint density at radius 1 is 1.38 bits per heavy atom. The fraction of sp³-hybridized carbons (Fsp3) is 0.333. The highest BCUT2D eigenvalue weighted by Gasteiger charge is 2.02. The van der Waals surface area contributed by atoms with Gasteiger partial charge in [-0.25, -0.2) is 0 Å². The van der Waals surface area contributed by atoms with Crippen molar-refractivity contribution >= 4 is 23.2 Å². The number of nitrogens with one attached hydrogen (secondary N) is 1. The van der Waals surface area contributed by atoms with Gasteiger partial charge in [0.2, 0.25) is 0 Å². The van der Waals surface area contributed by atoms with E-state index < -0.39 is 0 Å². The molecular formula is C12H15NO2S. The lowest BCUT2D eigenvalue weighted by atomic mass is 10.1. The third-order valence-electron chi connectivity index (χ3n) is 2.14. The van der Waals surface area contributed by atoms with E-state index in [1.54, 1.807) is 0 Å². The quantitative estimate of drug-likeness (QED) is 0.638. The summed E-state index contributed by atoms with van der Waals surface area (Å²) < 4.78 is 4.51. The average Bonchev–Trinajstić information content (AvgIpc) is 2.29. The lowest BCUT2D eigenvalue weighted by Gasteiger charge is -2.06. The Hall–Kier alpha value is -1.42. The largest absolute Gasteiger partial charge is 0.468 e. The van der Waals surface area contributed by atoms with Crippen LogP contribution in [-0.2, 0) is 16.0 Å². The SMILES string of the molecule is COC(=O)CNC(=S)Cc1ccc(C)cc1. The second-order valence-corrected chi connectivity index (χ2v) is 4.01. The van der Waals surface area contributed by atoms with Crippen LogP contribution >= 0.6 is 12.2 Å². The number of hydrogen-bond donors (Lipinski definition) is 1. The molecule has 0 bridgehead atoms. The van der Waals surface area contributed by atoms with Gasteiger partial charge in [-0.05, 0) is 12.5 Å². The molecule has 3 nitrogen and oxygen atoms in total. The zero-order valence-corrected chi connectivity index (χ0v) is 10.3. The van der Waals surface area contributed by atoms with Crippen molar-refractivity contribution in [1.82, 2.24) is 5.32 Å². The molecule has 0 heterocycles. The first-order valence-electron chi connectivity index (χ1n) is 5.01. The van der Waals surface area contributed by atoms with Crippen LogP contribution < -0.4 is 5.32 Å². The molecule has 0 aromatic heterocycles. The van der Waals surface area contributed by atoms with Crippen LogP contribution in [0.4, 0.5) is 0 Å². The van der Waals surface area contributed by atoms with Gasteiger partial charge in [-0.3, -0.25) is 4.79 Å². The van der Waals surface area contributed by atoms with Crippen molar-refractivity contribution in [2.24, 2.45) is 0 Å². The number of carbonyl (C=O) groups is 1. The van der Waals surface area contributed by atoms with E-state index in [-0.39, 0.29) is 12.5 Å². The van der Waals surface area contributed by atoms with Crippen molar-refractivity contribution in [2.75, 3.05) is 13.7 Å². The van der Waals surface area contributed by atoms with Crippen molar-refractivity contribution in [2.45, 2.75) is 13.3 Å². The summed E-state index contributed by atoms with van der Waals surface area (Å²) in [6.45, 7) is 2.17. The number of carbonyl (C=O) groups excluding carboxylic acids is 1. The molecule has 0 fully saturated rings. The maximum absolute atomic E-state index is 10.9. The van der Waals surface area contributed by atoms with E-state index in [0.717, 1.165) is 5.56 Å². The minimum Gasteiger partial charge on any atom is -0.468 e. The zero-order valence-electron chi connectivity index (χ0n) is 9.45. The molecule has 0 atom stereocenters. The molecule has 0 unspecified atom stereocenters. The van der Waals surface area contributed by atoms with Crippen LogP contribution in [0.25, 0.3) is 0 Å². The standard InChI is InChI=1S/C12H15NO2S/c1-9-3-5-10(6-4-9)7-11(16)13-8-12(14)15-2/h3-6H,7-8H2,1-2H3,(H,13,16). The van der Waals surface area contributed by atoms with E-state index >= 15 is 0 Å². The van der Waals surface area contributed by atoms with Crippen LogP contribution in [0, 0.1) is 6.92 Å². The highest BCUT2D eigenvalue weighted by molar-refractivity contribution is 7.80. The second-order valence-electron chi connectivity index (χ2n) is 3.52.